The molecule has 0 aliphatic rings. The summed E-state index contributed by atoms with van der Waals surface area (Å²) in [6.07, 6.45) is 0. The van der Waals surface area contributed by atoms with E-state index in [0.29, 0.717) is 5.56 Å². The summed E-state index contributed by atoms with van der Waals surface area (Å²) in [6.45, 7) is 1.93. The molecule has 2 rings (SSSR count). The first-order valence-electron chi connectivity index (χ1n) is 5.64. The Kier molecular flexibility index (Phi) is 5.03. The van der Waals surface area contributed by atoms with Gasteiger partial charge in [0, 0.05) is 19.0 Å². The first-order valence-corrected chi connectivity index (χ1v) is 8.02. The molecule has 0 spiro atoms. The van der Waals surface area contributed by atoms with E-state index in [4.69, 9.17) is 0 Å². The molecule has 1 N–H and O–H groups in total. The summed E-state index contributed by atoms with van der Waals surface area (Å²) in [6, 6.07) is 10.5. The fourth-order valence-corrected chi connectivity index (χ4v) is 4.29. The zero-order valence-electron chi connectivity index (χ0n) is 10.1. The van der Waals surface area contributed by atoms with Gasteiger partial charge >= 0.3 is 0 Å². The highest BCUT2D eigenvalue weighted by atomic mass is 79.9. The maximum atomic E-state index is 13.7. The summed E-state index contributed by atoms with van der Waals surface area (Å²) in [5.74, 6) is -0.202. The van der Waals surface area contributed by atoms with Crippen LogP contribution >= 0.6 is 47.8 Å². The van der Waals surface area contributed by atoms with Gasteiger partial charge in [0.15, 0.2) is 0 Å². The van der Waals surface area contributed by atoms with E-state index in [1.807, 2.05) is 25.1 Å². The summed E-state index contributed by atoms with van der Waals surface area (Å²) in [5.41, 5.74) is 1.54. The molecule has 19 heavy (non-hydrogen) atoms. The van der Waals surface area contributed by atoms with Gasteiger partial charge in [-0.15, -0.1) is 0 Å². The van der Waals surface area contributed by atoms with Crippen LogP contribution in [-0.4, -0.2) is 0 Å². The molecular formula is C14H11Br3FN. The minimum Gasteiger partial charge on any atom is -0.377 e. The van der Waals surface area contributed by atoms with Crippen LogP contribution in [-0.2, 0) is 0 Å². The second-order valence-corrected chi connectivity index (χ2v) is 6.76. The van der Waals surface area contributed by atoms with Crippen molar-refractivity contribution in [2.24, 2.45) is 0 Å². The normalized spacial score (nSPS) is 12.3. The largest absolute Gasteiger partial charge is 0.377 e. The summed E-state index contributed by atoms with van der Waals surface area (Å²) in [4.78, 5) is 0. The molecule has 0 saturated heterocycles. The van der Waals surface area contributed by atoms with Crippen LogP contribution in [0, 0.1) is 5.82 Å². The number of rotatable bonds is 3. The molecule has 0 saturated carbocycles. The van der Waals surface area contributed by atoms with E-state index in [2.05, 4.69) is 53.1 Å². The Hall–Kier alpha value is -0.390. The lowest BCUT2D eigenvalue weighted by Gasteiger charge is -2.19. The Bertz CT molecular complexity index is 578. The topological polar surface area (TPSA) is 12.0 Å². The number of nitrogens with one attached hydrogen (secondary N) is 1. The highest BCUT2D eigenvalue weighted by molar-refractivity contribution is 9.11. The van der Waals surface area contributed by atoms with E-state index in [1.54, 1.807) is 12.1 Å². The van der Waals surface area contributed by atoms with Crippen molar-refractivity contribution in [1.29, 1.82) is 0 Å². The molecular weight excluding hydrogens is 441 g/mol. The van der Waals surface area contributed by atoms with Crippen molar-refractivity contribution in [3.63, 3.8) is 0 Å². The molecule has 1 nitrogen and oxygen atoms in total. The summed E-state index contributed by atoms with van der Waals surface area (Å²) >= 11 is 10.4. The van der Waals surface area contributed by atoms with Gasteiger partial charge in [-0.25, -0.2) is 4.39 Å². The molecule has 100 valence electrons. The van der Waals surface area contributed by atoms with Crippen molar-refractivity contribution in [1.82, 2.24) is 0 Å². The maximum Gasteiger partial charge on any atom is 0.128 e. The molecule has 5 heteroatoms. The fraction of sp³-hybridized carbons (Fsp3) is 0.143. The predicted molar refractivity (Wildman–Crippen MR) is 88.0 cm³/mol. The Morgan fingerprint density at radius 2 is 1.63 bits per heavy atom. The molecule has 0 heterocycles. The van der Waals surface area contributed by atoms with Gasteiger partial charge < -0.3 is 5.32 Å². The average Bonchev–Trinajstić information content (AvgIpc) is 2.34. The summed E-state index contributed by atoms with van der Waals surface area (Å²) < 4.78 is 16.5. The van der Waals surface area contributed by atoms with E-state index in [1.165, 1.54) is 6.07 Å². The third-order valence-electron chi connectivity index (χ3n) is 2.74. The molecule has 0 fully saturated rings. The second-order valence-electron chi connectivity index (χ2n) is 4.13. The monoisotopic (exact) mass is 449 g/mol. The van der Waals surface area contributed by atoms with Crippen molar-refractivity contribution in [2.75, 3.05) is 5.32 Å². The molecule has 1 atom stereocenters. The summed E-state index contributed by atoms with van der Waals surface area (Å²) in [7, 11) is 0. The highest BCUT2D eigenvalue weighted by Crippen LogP contribution is 2.36. The standard InChI is InChI=1S/C14H11Br3FN/c1-8(10-4-2-3-5-13(10)18)19-14-11(16)6-9(15)7-12(14)17/h2-8,19H,1H3. The lowest BCUT2D eigenvalue weighted by molar-refractivity contribution is 0.600. The van der Waals surface area contributed by atoms with Crippen LogP contribution in [0.2, 0.25) is 0 Å². The van der Waals surface area contributed by atoms with Crippen LogP contribution in [0.5, 0.6) is 0 Å². The minimum atomic E-state index is -0.202. The van der Waals surface area contributed by atoms with Crippen molar-refractivity contribution in [3.8, 4) is 0 Å². The Labute approximate surface area is 137 Å². The van der Waals surface area contributed by atoms with E-state index < -0.39 is 0 Å². The minimum absolute atomic E-state index is 0.130. The average molecular weight is 452 g/mol. The third kappa shape index (κ3) is 3.58. The quantitative estimate of drug-likeness (QED) is 0.578. The fourth-order valence-electron chi connectivity index (χ4n) is 1.80. The van der Waals surface area contributed by atoms with Gasteiger partial charge in [-0.3, -0.25) is 0 Å². The molecule has 0 radical (unpaired) electrons. The van der Waals surface area contributed by atoms with Crippen molar-refractivity contribution >= 4 is 53.5 Å². The van der Waals surface area contributed by atoms with Crippen LogP contribution in [0.3, 0.4) is 0 Å². The Morgan fingerprint density at radius 1 is 1.05 bits per heavy atom. The van der Waals surface area contributed by atoms with Gasteiger partial charge in [0.1, 0.15) is 5.82 Å². The van der Waals surface area contributed by atoms with Crippen molar-refractivity contribution in [2.45, 2.75) is 13.0 Å². The van der Waals surface area contributed by atoms with Gasteiger partial charge in [-0.05, 0) is 57.0 Å². The number of benzene rings is 2. The predicted octanol–water partition coefficient (Wildman–Crippen LogP) is 6.29. The van der Waals surface area contributed by atoms with E-state index in [0.717, 1.165) is 19.1 Å². The van der Waals surface area contributed by atoms with Gasteiger partial charge in [-0.1, -0.05) is 34.1 Å². The molecule has 2 aromatic carbocycles. The molecule has 2 aromatic rings. The highest BCUT2D eigenvalue weighted by Gasteiger charge is 2.13. The molecule has 1 unspecified atom stereocenters. The van der Waals surface area contributed by atoms with Crippen LogP contribution in [0.4, 0.5) is 10.1 Å². The van der Waals surface area contributed by atoms with Gasteiger partial charge in [0.05, 0.1) is 11.7 Å². The number of halogens is 4. The molecule has 0 aromatic heterocycles. The molecule has 0 bridgehead atoms. The number of anilines is 1. The molecule has 0 aliphatic heterocycles. The van der Waals surface area contributed by atoms with Gasteiger partial charge in [-0.2, -0.15) is 0 Å². The van der Waals surface area contributed by atoms with Gasteiger partial charge in [0.2, 0.25) is 0 Å². The van der Waals surface area contributed by atoms with Crippen LogP contribution in [0.15, 0.2) is 49.8 Å². The first kappa shape index (κ1) is 15.0. The summed E-state index contributed by atoms with van der Waals surface area (Å²) in [5, 5.41) is 3.31. The maximum absolute atomic E-state index is 13.7. The van der Waals surface area contributed by atoms with E-state index in [-0.39, 0.29) is 11.9 Å². The lowest BCUT2D eigenvalue weighted by atomic mass is 10.1. The van der Waals surface area contributed by atoms with Crippen LogP contribution in [0.25, 0.3) is 0 Å². The van der Waals surface area contributed by atoms with Crippen LogP contribution in [0.1, 0.15) is 18.5 Å². The Balaban J connectivity index is 2.29. The van der Waals surface area contributed by atoms with Gasteiger partial charge in [0.25, 0.3) is 0 Å². The zero-order valence-corrected chi connectivity index (χ0v) is 14.8. The van der Waals surface area contributed by atoms with Crippen LogP contribution < -0.4 is 5.32 Å². The van der Waals surface area contributed by atoms with E-state index >= 15 is 0 Å². The number of hydrogen-bond acceptors (Lipinski definition) is 1. The third-order valence-corrected chi connectivity index (χ3v) is 4.45. The number of hydrogen-bond donors (Lipinski definition) is 1. The SMILES string of the molecule is CC(Nc1c(Br)cc(Br)cc1Br)c1ccccc1F. The zero-order chi connectivity index (χ0) is 14.0. The first-order chi connectivity index (χ1) is 8.99. The van der Waals surface area contributed by atoms with E-state index in [9.17, 15) is 4.39 Å². The Morgan fingerprint density at radius 3 is 2.21 bits per heavy atom. The smallest absolute Gasteiger partial charge is 0.128 e. The second kappa shape index (κ2) is 6.37. The molecule has 0 aliphatic carbocycles. The van der Waals surface area contributed by atoms with Crippen molar-refractivity contribution in [3.05, 3.63) is 61.2 Å². The van der Waals surface area contributed by atoms with Crippen molar-refractivity contribution < 1.29 is 4.39 Å². The lowest BCUT2D eigenvalue weighted by Crippen LogP contribution is -2.09. The molecule has 0 amide bonds.